The first kappa shape index (κ1) is 19.0. The summed E-state index contributed by atoms with van der Waals surface area (Å²) in [6, 6.07) is 8.61. The predicted octanol–water partition coefficient (Wildman–Crippen LogP) is 1.74. The summed E-state index contributed by atoms with van der Waals surface area (Å²) in [6.45, 7) is -0.751. The van der Waals surface area contributed by atoms with E-state index in [2.05, 4.69) is 10.0 Å². The Balaban J connectivity index is 1.70. The first-order valence-electron chi connectivity index (χ1n) is 7.11. The zero-order valence-electron chi connectivity index (χ0n) is 12.9. The number of halogens is 1. The monoisotopic (exact) mass is 386 g/mol. The van der Waals surface area contributed by atoms with Crippen molar-refractivity contribution in [1.29, 1.82) is 0 Å². The van der Waals surface area contributed by atoms with Gasteiger partial charge in [0, 0.05) is 6.54 Å². The van der Waals surface area contributed by atoms with E-state index >= 15 is 0 Å². The number of anilines is 1. The molecule has 0 radical (unpaired) electrons. The van der Waals surface area contributed by atoms with Crippen LogP contribution >= 0.6 is 11.3 Å². The number of esters is 1. The summed E-state index contributed by atoms with van der Waals surface area (Å²) in [7, 11) is -3.65. The van der Waals surface area contributed by atoms with Gasteiger partial charge in [-0.1, -0.05) is 18.2 Å². The standard InChI is InChI=1S/C15H15FN2O5S2/c16-11-4-1-2-5-12(11)18-13(19)10-23-14(20)7-8-17-25(21,22)15-6-3-9-24-15/h1-6,9,17H,7-8,10H2,(H,18,19). The van der Waals surface area contributed by atoms with Crippen LogP contribution in [0.1, 0.15) is 6.42 Å². The number of sulfonamides is 1. The zero-order chi connectivity index (χ0) is 18.3. The van der Waals surface area contributed by atoms with Gasteiger partial charge in [0.15, 0.2) is 6.61 Å². The van der Waals surface area contributed by atoms with Crippen molar-refractivity contribution in [3.63, 3.8) is 0 Å². The summed E-state index contributed by atoms with van der Waals surface area (Å²) in [5.41, 5.74) is -0.0211. The molecule has 1 amide bonds. The Kier molecular flexibility index (Phi) is 6.62. The van der Waals surface area contributed by atoms with Gasteiger partial charge in [0.1, 0.15) is 10.0 Å². The molecular weight excluding hydrogens is 371 g/mol. The van der Waals surface area contributed by atoms with Crippen molar-refractivity contribution in [3.8, 4) is 0 Å². The van der Waals surface area contributed by atoms with Gasteiger partial charge in [-0.25, -0.2) is 17.5 Å². The van der Waals surface area contributed by atoms with Crippen LogP contribution in [0.5, 0.6) is 0 Å². The lowest BCUT2D eigenvalue weighted by Gasteiger charge is -2.08. The summed E-state index contributed by atoms with van der Waals surface area (Å²) >= 11 is 1.05. The maximum absolute atomic E-state index is 13.4. The van der Waals surface area contributed by atoms with Gasteiger partial charge < -0.3 is 10.1 Å². The van der Waals surface area contributed by atoms with Crippen LogP contribution < -0.4 is 10.0 Å². The van der Waals surface area contributed by atoms with Crippen LogP contribution in [-0.2, 0) is 24.3 Å². The number of carbonyl (C=O) groups is 2. The molecule has 0 bridgehead atoms. The average Bonchev–Trinajstić information content (AvgIpc) is 3.10. The van der Waals surface area contributed by atoms with E-state index in [9.17, 15) is 22.4 Å². The van der Waals surface area contributed by atoms with Crippen molar-refractivity contribution < 1.29 is 27.1 Å². The topological polar surface area (TPSA) is 102 Å². The number of benzene rings is 1. The second-order valence-electron chi connectivity index (χ2n) is 4.77. The van der Waals surface area contributed by atoms with Crippen molar-refractivity contribution in [3.05, 3.63) is 47.6 Å². The Morgan fingerprint density at radius 3 is 2.60 bits per heavy atom. The van der Waals surface area contributed by atoms with E-state index in [0.717, 1.165) is 11.3 Å². The third-order valence-electron chi connectivity index (χ3n) is 2.89. The number of thiophene rings is 1. The highest BCUT2D eigenvalue weighted by Crippen LogP contribution is 2.15. The lowest BCUT2D eigenvalue weighted by atomic mass is 10.3. The second-order valence-corrected chi connectivity index (χ2v) is 7.71. The van der Waals surface area contributed by atoms with Crippen LogP contribution in [-0.4, -0.2) is 33.4 Å². The van der Waals surface area contributed by atoms with Crippen LogP contribution in [0.4, 0.5) is 10.1 Å². The minimum Gasteiger partial charge on any atom is -0.456 e. The minimum atomic E-state index is -3.65. The normalized spacial score (nSPS) is 11.1. The lowest BCUT2D eigenvalue weighted by Crippen LogP contribution is -2.27. The maximum atomic E-state index is 13.4. The summed E-state index contributed by atoms with van der Waals surface area (Å²) < 4.78 is 44.1. The number of carbonyl (C=O) groups excluding carboxylic acids is 2. The lowest BCUT2D eigenvalue weighted by molar-refractivity contribution is -0.147. The fraction of sp³-hybridized carbons (Fsp3) is 0.200. The number of nitrogens with one attached hydrogen (secondary N) is 2. The van der Waals surface area contributed by atoms with Crippen LogP contribution in [0, 0.1) is 5.82 Å². The van der Waals surface area contributed by atoms with Crippen LogP contribution in [0.2, 0.25) is 0 Å². The van der Waals surface area contributed by atoms with E-state index in [1.54, 1.807) is 17.5 Å². The molecule has 0 fully saturated rings. The first-order chi connectivity index (χ1) is 11.9. The molecule has 0 atom stereocenters. The molecular formula is C15H15FN2O5S2. The smallest absolute Gasteiger partial charge is 0.307 e. The molecule has 2 rings (SSSR count). The molecule has 25 heavy (non-hydrogen) atoms. The van der Waals surface area contributed by atoms with Crippen molar-refractivity contribution in [2.75, 3.05) is 18.5 Å². The predicted molar refractivity (Wildman–Crippen MR) is 90.1 cm³/mol. The van der Waals surface area contributed by atoms with Gasteiger partial charge in [0.25, 0.3) is 5.91 Å². The molecule has 0 aliphatic carbocycles. The maximum Gasteiger partial charge on any atom is 0.307 e. The quantitative estimate of drug-likeness (QED) is 0.673. The van der Waals surface area contributed by atoms with E-state index in [1.807, 2.05) is 0 Å². The van der Waals surface area contributed by atoms with Crippen molar-refractivity contribution in [1.82, 2.24) is 4.72 Å². The fourth-order valence-corrected chi connectivity index (χ4v) is 3.81. The van der Waals surface area contributed by atoms with Crippen molar-refractivity contribution >= 4 is 38.9 Å². The third-order valence-corrected chi connectivity index (χ3v) is 5.75. The number of para-hydroxylation sites is 1. The minimum absolute atomic E-state index is 0.0211. The number of rotatable bonds is 8. The highest BCUT2D eigenvalue weighted by atomic mass is 32.2. The van der Waals surface area contributed by atoms with Crippen LogP contribution in [0.15, 0.2) is 46.0 Å². The summed E-state index contributed by atoms with van der Waals surface area (Å²) in [5, 5.41) is 3.89. The Bertz CT molecular complexity index is 837. The van der Waals surface area contributed by atoms with Gasteiger partial charge in [-0.2, -0.15) is 0 Å². The molecule has 2 aromatic rings. The number of hydrogen-bond donors (Lipinski definition) is 2. The van der Waals surface area contributed by atoms with Gasteiger partial charge in [-0.15, -0.1) is 11.3 Å². The molecule has 0 spiro atoms. The molecule has 0 unspecified atom stereocenters. The molecule has 1 aromatic carbocycles. The SMILES string of the molecule is O=C(COC(=O)CCNS(=O)(=O)c1cccs1)Nc1ccccc1F. The summed E-state index contributed by atoms with van der Waals surface area (Å²) in [6.07, 6.45) is -0.239. The Morgan fingerprint density at radius 2 is 1.92 bits per heavy atom. The third kappa shape index (κ3) is 5.93. The van der Waals surface area contributed by atoms with Gasteiger partial charge in [0.2, 0.25) is 10.0 Å². The molecule has 1 aromatic heterocycles. The zero-order valence-corrected chi connectivity index (χ0v) is 14.5. The van der Waals surface area contributed by atoms with Crippen LogP contribution in [0.25, 0.3) is 0 Å². The molecule has 0 aliphatic rings. The Hall–Kier alpha value is -2.30. The fourth-order valence-electron chi connectivity index (χ4n) is 1.74. The highest BCUT2D eigenvalue weighted by molar-refractivity contribution is 7.91. The number of amides is 1. The Morgan fingerprint density at radius 1 is 1.16 bits per heavy atom. The van der Waals surface area contributed by atoms with Crippen LogP contribution in [0.3, 0.4) is 0 Å². The first-order valence-corrected chi connectivity index (χ1v) is 9.48. The molecule has 1 heterocycles. The largest absolute Gasteiger partial charge is 0.456 e. The van der Waals surface area contributed by atoms with E-state index < -0.39 is 34.3 Å². The van der Waals surface area contributed by atoms with Gasteiger partial charge >= 0.3 is 5.97 Å². The molecule has 0 saturated heterocycles. The summed E-state index contributed by atoms with van der Waals surface area (Å²) in [4.78, 5) is 23.1. The molecule has 0 saturated carbocycles. The number of ether oxygens (including phenoxy) is 1. The molecule has 0 aliphatic heterocycles. The van der Waals surface area contributed by atoms with Crippen molar-refractivity contribution in [2.24, 2.45) is 0 Å². The average molecular weight is 386 g/mol. The van der Waals surface area contributed by atoms with Gasteiger partial charge in [-0.3, -0.25) is 9.59 Å². The number of hydrogen-bond acceptors (Lipinski definition) is 6. The Labute approximate surface area is 147 Å². The van der Waals surface area contributed by atoms with E-state index in [1.165, 1.54) is 24.3 Å². The second kappa shape index (κ2) is 8.70. The van der Waals surface area contributed by atoms with Crippen molar-refractivity contribution in [2.45, 2.75) is 10.6 Å². The van der Waals surface area contributed by atoms with E-state index in [4.69, 9.17) is 4.74 Å². The molecule has 2 N–H and O–H groups in total. The molecule has 10 heteroatoms. The van der Waals surface area contributed by atoms with Gasteiger partial charge in [0.05, 0.1) is 12.1 Å². The highest BCUT2D eigenvalue weighted by Gasteiger charge is 2.16. The molecule has 7 nitrogen and oxygen atoms in total. The van der Waals surface area contributed by atoms with Gasteiger partial charge in [-0.05, 0) is 23.6 Å². The summed E-state index contributed by atoms with van der Waals surface area (Å²) in [5.74, 6) is -2.06. The molecule has 134 valence electrons. The van der Waals surface area contributed by atoms with E-state index in [-0.39, 0.29) is 22.9 Å². The van der Waals surface area contributed by atoms with E-state index in [0.29, 0.717) is 0 Å².